The van der Waals surface area contributed by atoms with Gasteiger partial charge >= 0.3 is 5.97 Å². The summed E-state index contributed by atoms with van der Waals surface area (Å²) in [6.45, 7) is 6.55. The minimum Gasteiger partial charge on any atom is -0.481 e. The zero-order valence-electron chi connectivity index (χ0n) is 11.7. The lowest BCUT2D eigenvalue weighted by Crippen LogP contribution is -2.50. The fourth-order valence-electron chi connectivity index (χ4n) is 1.53. The van der Waals surface area contributed by atoms with Gasteiger partial charge in [0.1, 0.15) is 5.69 Å². The van der Waals surface area contributed by atoms with E-state index in [0.717, 1.165) is 0 Å². The summed E-state index contributed by atoms with van der Waals surface area (Å²) in [5.74, 6) is -0.979. The molecule has 0 fully saturated rings. The van der Waals surface area contributed by atoms with Gasteiger partial charge in [-0.25, -0.2) is 0 Å². The molecule has 0 saturated heterocycles. The van der Waals surface area contributed by atoms with Gasteiger partial charge in [0.25, 0.3) is 5.69 Å². The fourth-order valence-corrected chi connectivity index (χ4v) is 1.89. The van der Waals surface area contributed by atoms with E-state index >= 15 is 0 Å². The van der Waals surface area contributed by atoms with Gasteiger partial charge < -0.3 is 10.4 Å². The van der Waals surface area contributed by atoms with Crippen LogP contribution in [0.1, 0.15) is 27.7 Å². The summed E-state index contributed by atoms with van der Waals surface area (Å²) in [5.41, 5.74) is -1.81. The van der Waals surface area contributed by atoms with Crippen molar-refractivity contribution in [3.05, 3.63) is 32.8 Å². The highest BCUT2D eigenvalue weighted by molar-refractivity contribution is 9.10. The second-order valence-corrected chi connectivity index (χ2v) is 6.51. The zero-order chi connectivity index (χ0) is 15.7. The largest absolute Gasteiger partial charge is 0.481 e. The average molecular weight is 345 g/mol. The van der Waals surface area contributed by atoms with Crippen LogP contribution in [0.25, 0.3) is 0 Å². The number of nitrogens with zero attached hydrogens (tertiary/aromatic N) is 1. The molecule has 110 valence electrons. The summed E-state index contributed by atoms with van der Waals surface area (Å²) in [5, 5.41) is 23.3. The Morgan fingerprint density at radius 3 is 2.35 bits per heavy atom. The van der Waals surface area contributed by atoms with Gasteiger partial charge in [-0.3, -0.25) is 14.9 Å². The third-order valence-electron chi connectivity index (χ3n) is 3.70. The van der Waals surface area contributed by atoms with Crippen LogP contribution in [0.15, 0.2) is 22.7 Å². The molecule has 0 unspecified atom stereocenters. The number of nitrogens with one attached hydrogen (secondary N) is 1. The molecule has 2 N–H and O–H groups in total. The molecule has 0 heterocycles. The molecule has 0 atom stereocenters. The van der Waals surface area contributed by atoms with Crippen molar-refractivity contribution in [2.24, 2.45) is 5.41 Å². The summed E-state index contributed by atoms with van der Waals surface area (Å²) >= 11 is 3.25. The SMILES string of the molecule is CC(C)(Nc1cc(Br)ccc1[N+](=O)[O-])C(C)(C)C(=O)O. The van der Waals surface area contributed by atoms with Crippen LogP contribution in [0.2, 0.25) is 0 Å². The quantitative estimate of drug-likeness (QED) is 0.628. The molecule has 6 nitrogen and oxygen atoms in total. The van der Waals surface area contributed by atoms with E-state index < -0.39 is 21.8 Å². The number of hydrogen-bond donors (Lipinski definition) is 2. The van der Waals surface area contributed by atoms with Gasteiger partial charge in [-0.1, -0.05) is 15.9 Å². The normalized spacial score (nSPS) is 12.1. The first-order valence-corrected chi connectivity index (χ1v) is 6.74. The Kier molecular flexibility index (Phi) is 4.43. The van der Waals surface area contributed by atoms with Crippen molar-refractivity contribution in [3.8, 4) is 0 Å². The first-order chi connectivity index (χ1) is 8.99. The number of carbonyl (C=O) groups is 1. The fraction of sp³-hybridized carbons (Fsp3) is 0.462. The molecule has 1 rings (SSSR count). The lowest BCUT2D eigenvalue weighted by atomic mass is 9.74. The van der Waals surface area contributed by atoms with Crippen molar-refractivity contribution >= 4 is 33.3 Å². The molecule has 7 heteroatoms. The molecular formula is C13H17BrN2O4. The standard InChI is InChI=1S/C13H17BrN2O4/c1-12(2,11(17)18)13(3,4)15-9-7-8(14)5-6-10(9)16(19)20/h5-7,15H,1-4H3,(H,17,18). The van der Waals surface area contributed by atoms with Gasteiger partial charge in [-0.2, -0.15) is 0 Å². The third kappa shape index (κ3) is 3.09. The Balaban J connectivity index is 3.25. The van der Waals surface area contributed by atoms with E-state index in [-0.39, 0.29) is 11.4 Å². The number of carboxylic acids is 1. The van der Waals surface area contributed by atoms with Crippen LogP contribution in [0, 0.1) is 15.5 Å². The molecule has 0 spiro atoms. The Morgan fingerprint density at radius 2 is 1.90 bits per heavy atom. The molecule has 0 aliphatic rings. The number of benzene rings is 1. The van der Waals surface area contributed by atoms with Gasteiger partial charge in [0.05, 0.1) is 10.3 Å². The number of carboxylic acid groups (broad SMARTS) is 1. The number of hydrogen-bond acceptors (Lipinski definition) is 4. The second kappa shape index (κ2) is 5.40. The highest BCUT2D eigenvalue weighted by Gasteiger charge is 2.44. The van der Waals surface area contributed by atoms with Crippen LogP contribution in [0.4, 0.5) is 11.4 Å². The van der Waals surface area contributed by atoms with Crippen molar-refractivity contribution in [1.29, 1.82) is 0 Å². The molecule has 0 amide bonds. The Morgan fingerprint density at radius 1 is 1.35 bits per heavy atom. The van der Waals surface area contributed by atoms with Crippen molar-refractivity contribution < 1.29 is 14.8 Å². The maximum atomic E-state index is 11.4. The van der Waals surface area contributed by atoms with Crippen molar-refractivity contribution in [2.45, 2.75) is 33.2 Å². The number of aliphatic carboxylic acids is 1. The maximum Gasteiger partial charge on any atom is 0.311 e. The molecule has 0 aliphatic heterocycles. The third-order valence-corrected chi connectivity index (χ3v) is 4.19. The summed E-state index contributed by atoms with van der Waals surface area (Å²) in [6, 6.07) is 4.51. The molecule has 20 heavy (non-hydrogen) atoms. The van der Waals surface area contributed by atoms with Crippen molar-refractivity contribution in [1.82, 2.24) is 0 Å². The molecule has 0 bridgehead atoms. The van der Waals surface area contributed by atoms with E-state index in [9.17, 15) is 20.0 Å². The van der Waals surface area contributed by atoms with Gasteiger partial charge in [-0.15, -0.1) is 0 Å². The Labute approximate surface area is 125 Å². The van der Waals surface area contributed by atoms with Gasteiger partial charge in [0.2, 0.25) is 0 Å². The molecule has 0 saturated carbocycles. The summed E-state index contributed by atoms with van der Waals surface area (Å²) in [4.78, 5) is 21.9. The highest BCUT2D eigenvalue weighted by Crippen LogP contribution is 2.37. The van der Waals surface area contributed by atoms with E-state index in [1.54, 1.807) is 39.8 Å². The maximum absolute atomic E-state index is 11.4. The van der Waals surface area contributed by atoms with Crippen LogP contribution in [0.5, 0.6) is 0 Å². The van der Waals surface area contributed by atoms with Crippen LogP contribution in [0.3, 0.4) is 0 Å². The monoisotopic (exact) mass is 344 g/mol. The molecule has 0 aromatic heterocycles. The first-order valence-electron chi connectivity index (χ1n) is 5.94. The smallest absolute Gasteiger partial charge is 0.311 e. The van der Waals surface area contributed by atoms with Crippen LogP contribution in [-0.2, 0) is 4.79 Å². The van der Waals surface area contributed by atoms with Gasteiger partial charge in [-0.05, 0) is 39.8 Å². The Hall–Kier alpha value is -1.63. The molecule has 1 aromatic carbocycles. The zero-order valence-corrected chi connectivity index (χ0v) is 13.3. The number of nitro groups is 1. The predicted molar refractivity (Wildman–Crippen MR) is 79.9 cm³/mol. The number of rotatable bonds is 5. The van der Waals surface area contributed by atoms with E-state index in [4.69, 9.17) is 0 Å². The average Bonchev–Trinajstić information content (AvgIpc) is 2.27. The summed E-state index contributed by atoms with van der Waals surface area (Å²) < 4.78 is 0.675. The predicted octanol–water partition coefficient (Wildman–Crippen LogP) is 3.66. The van der Waals surface area contributed by atoms with E-state index in [2.05, 4.69) is 21.2 Å². The first kappa shape index (κ1) is 16.4. The van der Waals surface area contributed by atoms with E-state index in [1.807, 2.05) is 0 Å². The van der Waals surface area contributed by atoms with E-state index in [0.29, 0.717) is 4.47 Å². The molecular weight excluding hydrogens is 328 g/mol. The summed E-state index contributed by atoms with van der Waals surface area (Å²) in [7, 11) is 0. The van der Waals surface area contributed by atoms with Crippen LogP contribution >= 0.6 is 15.9 Å². The molecule has 0 radical (unpaired) electrons. The molecule has 0 aliphatic carbocycles. The number of anilines is 1. The van der Waals surface area contributed by atoms with Crippen LogP contribution in [-0.4, -0.2) is 21.5 Å². The lowest BCUT2D eigenvalue weighted by molar-refractivity contribution is -0.384. The van der Waals surface area contributed by atoms with Crippen molar-refractivity contribution in [2.75, 3.05) is 5.32 Å². The number of halogens is 1. The highest BCUT2D eigenvalue weighted by atomic mass is 79.9. The lowest BCUT2D eigenvalue weighted by Gasteiger charge is -2.39. The van der Waals surface area contributed by atoms with Crippen molar-refractivity contribution in [3.63, 3.8) is 0 Å². The molecule has 1 aromatic rings. The minimum atomic E-state index is -1.11. The van der Waals surface area contributed by atoms with E-state index in [1.165, 1.54) is 6.07 Å². The topological polar surface area (TPSA) is 92.5 Å². The van der Waals surface area contributed by atoms with Gasteiger partial charge in [0, 0.05) is 16.1 Å². The minimum absolute atomic E-state index is 0.0949. The van der Waals surface area contributed by atoms with Crippen LogP contribution < -0.4 is 5.32 Å². The van der Waals surface area contributed by atoms with Gasteiger partial charge in [0.15, 0.2) is 0 Å². The number of nitro benzene ring substituents is 1. The Bertz CT molecular complexity index is 555. The second-order valence-electron chi connectivity index (χ2n) is 5.60. The summed E-state index contributed by atoms with van der Waals surface area (Å²) in [6.07, 6.45) is 0.